The summed E-state index contributed by atoms with van der Waals surface area (Å²) in [5.74, 6) is -0.0901. The SMILES string of the molecule is Cc1cc(C)n(CCC(=O)Nc2cccc(C#N)c2)n1. The van der Waals surface area contributed by atoms with Crippen LogP contribution in [0.4, 0.5) is 5.69 Å². The zero-order valence-corrected chi connectivity index (χ0v) is 11.6. The summed E-state index contributed by atoms with van der Waals surface area (Å²) in [5, 5.41) is 15.9. The molecule has 0 aliphatic rings. The van der Waals surface area contributed by atoms with Crippen LogP contribution in [0.5, 0.6) is 0 Å². The highest BCUT2D eigenvalue weighted by Crippen LogP contribution is 2.10. The smallest absolute Gasteiger partial charge is 0.226 e. The quantitative estimate of drug-likeness (QED) is 0.925. The normalized spacial score (nSPS) is 10.1. The number of nitriles is 1. The molecule has 1 amide bonds. The summed E-state index contributed by atoms with van der Waals surface area (Å²) in [6, 6.07) is 10.9. The Labute approximate surface area is 117 Å². The van der Waals surface area contributed by atoms with Crippen LogP contribution in [0.3, 0.4) is 0 Å². The standard InChI is InChI=1S/C15H16N4O/c1-11-8-12(2)19(18-11)7-6-15(20)17-14-5-3-4-13(9-14)10-16/h3-5,8-9H,6-7H2,1-2H3,(H,17,20). The Morgan fingerprint density at radius 3 is 2.85 bits per heavy atom. The van der Waals surface area contributed by atoms with Gasteiger partial charge in [-0.1, -0.05) is 6.07 Å². The Balaban J connectivity index is 1.92. The van der Waals surface area contributed by atoms with E-state index in [0.717, 1.165) is 11.4 Å². The number of amides is 1. The number of nitrogens with one attached hydrogen (secondary N) is 1. The van der Waals surface area contributed by atoms with Crippen molar-refractivity contribution >= 4 is 11.6 Å². The first kappa shape index (κ1) is 13.8. The average Bonchev–Trinajstić information content (AvgIpc) is 2.75. The molecule has 1 aromatic heterocycles. The molecule has 0 atom stereocenters. The van der Waals surface area contributed by atoms with Gasteiger partial charge in [0.2, 0.25) is 5.91 Å². The van der Waals surface area contributed by atoms with Crippen molar-refractivity contribution in [3.05, 3.63) is 47.3 Å². The predicted octanol–water partition coefficient (Wildman–Crippen LogP) is 2.40. The number of carbonyl (C=O) groups is 1. The minimum Gasteiger partial charge on any atom is -0.326 e. The molecule has 5 heteroatoms. The Hall–Kier alpha value is -2.61. The third kappa shape index (κ3) is 3.45. The largest absolute Gasteiger partial charge is 0.326 e. The number of anilines is 1. The van der Waals surface area contributed by atoms with Crippen molar-refractivity contribution in [3.8, 4) is 6.07 Å². The van der Waals surface area contributed by atoms with Gasteiger partial charge in [0, 0.05) is 24.3 Å². The van der Waals surface area contributed by atoms with Gasteiger partial charge in [0.1, 0.15) is 0 Å². The van der Waals surface area contributed by atoms with Crippen molar-refractivity contribution in [2.75, 3.05) is 5.32 Å². The van der Waals surface area contributed by atoms with Crippen molar-refractivity contribution in [3.63, 3.8) is 0 Å². The highest BCUT2D eigenvalue weighted by Gasteiger charge is 2.06. The van der Waals surface area contributed by atoms with E-state index in [2.05, 4.69) is 10.4 Å². The molecule has 1 N–H and O–H groups in total. The van der Waals surface area contributed by atoms with Gasteiger partial charge < -0.3 is 5.32 Å². The maximum absolute atomic E-state index is 11.9. The van der Waals surface area contributed by atoms with Gasteiger partial charge in [-0.15, -0.1) is 0 Å². The second kappa shape index (κ2) is 6.02. The summed E-state index contributed by atoms with van der Waals surface area (Å²) in [6.07, 6.45) is 0.346. The number of rotatable bonds is 4. The summed E-state index contributed by atoms with van der Waals surface area (Å²) < 4.78 is 1.82. The fraction of sp³-hybridized carbons (Fsp3) is 0.267. The molecule has 2 rings (SSSR count). The highest BCUT2D eigenvalue weighted by atomic mass is 16.1. The molecule has 1 heterocycles. The van der Waals surface area contributed by atoms with Gasteiger partial charge in [-0.05, 0) is 38.1 Å². The second-order valence-corrected chi connectivity index (χ2v) is 4.64. The number of hydrogen-bond donors (Lipinski definition) is 1. The number of hydrogen-bond acceptors (Lipinski definition) is 3. The molecule has 0 saturated heterocycles. The molecule has 0 fully saturated rings. The lowest BCUT2D eigenvalue weighted by Crippen LogP contribution is -2.15. The lowest BCUT2D eigenvalue weighted by molar-refractivity contribution is -0.116. The van der Waals surface area contributed by atoms with Crippen molar-refractivity contribution < 1.29 is 4.79 Å². The first-order valence-corrected chi connectivity index (χ1v) is 6.39. The third-order valence-electron chi connectivity index (χ3n) is 2.93. The minimum absolute atomic E-state index is 0.0901. The summed E-state index contributed by atoms with van der Waals surface area (Å²) >= 11 is 0. The first-order valence-electron chi connectivity index (χ1n) is 6.39. The third-order valence-corrected chi connectivity index (χ3v) is 2.93. The lowest BCUT2D eigenvalue weighted by Gasteiger charge is -2.06. The van der Waals surface area contributed by atoms with Crippen LogP contribution < -0.4 is 5.32 Å². The van der Waals surface area contributed by atoms with Crippen molar-refractivity contribution in [2.24, 2.45) is 0 Å². The Morgan fingerprint density at radius 2 is 2.20 bits per heavy atom. The topological polar surface area (TPSA) is 70.7 Å². The summed E-state index contributed by atoms with van der Waals surface area (Å²) in [5.41, 5.74) is 3.16. The Kier molecular flexibility index (Phi) is 4.16. The zero-order chi connectivity index (χ0) is 14.5. The van der Waals surface area contributed by atoms with Gasteiger partial charge in [-0.25, -0.2) is 0 Å². The van der Waals surface area contributed by atoms with E-state index < -0.39 is 0 Å². The number of carbonyl (C=O) groups excluding carboxylic acids is 1. The van der Waals surface area contributed by atoms with E-state index in [0.29, 0.717) is 24.2 Å². The zero-order valence-electron chi connectivity index (χ0n) is 11.6. The van der Waals surface area contributed by atoms with Crippen LogP contribution in [0.1, 0.15) is 23.4 Å². The molecule has 0 saturated carbocycles. The highest BCUT2D eigenvalue weighted by molar-refractivity contribution is 5.90. The maximum Gasteiger partial charge on any atom is 0.226 e. The molecule has 5 nitrogen and oxygen atoms in total. The van der Waals surface area contributed by atoms with Crippen molar-refractivity contribution in [1.29, 1.82) is 5.26 Å². The Morgan fingerprint density at radius 1 is 1.40 bits per heavy atom. The molecular weight excluding hydrogens is 252 g/mol. The molecular formula is C15H16N4O. The molecule has 0 unspecified atom stereocenters. The first-order chi connectivity index (χ1) is 9.58. The van der Waals surface area contributed by atoms with E-state index in [1.54, 1.807) is 24.3 Å². The Bertz CT molecular complexity index is 667. The van der Waals surface area contributed by atoms with Gasteiger partial charge in [0.05, 0.1) is 17.3 Å². The van der Waals surface area contributed by atoms with E-state index in [-0.39, 0.29) is 5.91 Å². The monoisotopic (exact) mass is 268 g/mol. The number of benzene rings is 1. The summed E-state index contributed by atoms with van der Waals surface area (Å²) in [6.45, 7) is 4.44. The molecule has 0 spiro atoms. The van der Waals surface area contributed by atoms with Crippen LogP contribution >= 0.6 is 0 Å². The van der Waals surface area contributed by atoms with Crippen molar-refractivity contribution in [2.45, 2.75) is 26.8 Å². The molecule has 2 aromatic rings. The van der Waals surface area contributed by atoms with Crippen LogP contribution in [0.25, 0.3) is 0 Å². The average molecular weight is 268 g/mol. The molecule has 0 aliphatic carbocycles. The molecule has 1 aromatic carbocycles. The van der Waals surface area contributed by atoms with E-state index in [1.165, 1.54) is 0 Å². The number of nitrogens with zero attached hydrogens (tertiary/aromatic N) is 3. The molecule has 0 radical (unpaired) electrons. The maximum atomic E-state index is 11.9. The number of aromatic nitrogens is 2. The fourth-order valence-electron chi connectivity index (χ4n) is 2.00. The van der Waals surface area contributed by atoms with Gasteiger partial charge in [-0.2, -0.15) is 10.4 Å². The van der Waals surface area contributed by atoms with Crippen molar-refractivity contribution in [1.82, 2.24) is 9.78 Å². The lowest BCUT2D eigenvalue weighted by atomic mass is 10.2. The van der Waals surface area contributed by atoms with Crippen LogP contribution in [0.2, 0.25) is 0 Å². The molecule has 0 bridgehead atoms. The van der Waals surface area contributed by atoms with Gasteiger partial charge in [0.15, 0.2) is 0 Å². The van der Waals surface area contributed by atoms with Gasteiger partial charge in [0.25, 0.3) is 0 Å². The molecule has 0 aliphatic heterocycles. The van der Waals surface area contributed by atoms with Crippen LogP contribution in [0.15, 0.2) is 30.3 Å². The number of aryl methyl sites for hydroxylation is 3. The van der Waals surface area contributed by atoms with Gasteiger partial charge >= 0.3 is 0 Å². The minimum atomic E-state index is -0.0901. The van der Waals surface area contributed by atoms with Crippen LogP contribution in [0, 0.1) is 25.2 Å². The van der Waals surface area contributed by atoms with E-state index in [1.807, 2.05) is 30.7 Å². The predicted molar refractivity (Wildman–Crippen MR) is 76.1 cm³/mol. The van der Waals surface area contributed by atoms with Gasteiger partial charge in [-0.3, -0.25) is 9.48 Å². The van der Waals surface area contributed by atoms with E-state index in [4.69, 9.17) is 5.26 Å². The van der Waals surface area contributed by atoms with Crippen LogP contribution in [-0.4, -0.2) is 15.7 Å². The summed E-state index contributed by atoms with van der Waals surface area (Å²) in [7, 11) is 0. The second-order valence-electron chi connectivity index (χ2n) is 4.64. The summed E-state index contributed by atoms with van der Waals surface area (Å²) in [4.78, 5) is 11.9. The molecule has 102 valence electrons. The van der Waals surface area contributed by atoms with E-state index in [9.17, 15) is 4.79 Å². The van der Waals surface area contributed by atoms with Crippen LogP contribution in [-0.2, 0) is 11.3 Å². The fourth-order valence-corrected chi connectivity index (χ4v) is 2.00. The molecule has 20 heavy (non-hydrogen) atoms. The van der Waals surface area contributed by atoms with E-state index >= 15 is 0 Å².